The van der Waals surface area contributed by atoms with E-state index in [4.69, 9.17) is 5.11 Å². The molecule has 0 spiro atoms. The Morgan fingerprint density at radius 2 is 2.29 bits per heavy atom. The smallest absolute Gasteiger partial charge is 0.322 e. The Balaban J connectivity index is 2.06. The normalized spacial score (nSPS) is 18.4. The largest absolute Gasteiger partial charge is 0.481 e. The molecule has 0 bridgehead atoms. The SMILES string of the molecule is O=C(O)CC1CSCCN1C(=O)Nc1ccc(F)c(Br)c1. The first-order chi connectivity index (χ1) is 9.97. The molecule has 0 radical (unpaired) electrons. The minimum atomic E-state index is -0.926. The van der Waals surface area contributed by atoms with Gasteiger partial charge in [-0.1, -0.05) is 0 Å². The van der Waals surface area contributed by atoms with Crippen LogP contribution >= 0.6 is 27.7 Å². The minimum Gasteiger partial charge on any atom is -0.481 e. The highest BCUT2D eigenvalue weighted by molar-refractivity contribution is 9.10. The van der Waals surface area contributed by atoms with Gasteiger partial charge in [0.05, 0.1) is 16.9 Å². The zero-order valence-corrected chi connectivity index (χ0v) is 13.4. The van der Waals surface area contributed by atoms with Crippen LogP contribution in [-0.2, 0) is 4.79 Å². The zero-order valence-electron chi connectivity index (χ0n) is 11.0. The number of carbonyl (C=O) groups excluding carboxylic acids is 1. The van der Waals surface area contributed by atoms with Crippen molar-refractivity contribution in [3.63, 3.8) is 0 Å². The Labute approximate surface area is 134 Å². The van der Waals surface area contributed by atoms with Crippen LogP contribution in [0.4, 0.5) is 14.9 Å². The van der Waals surface area contributed by atoms with Crippen LogP contribution in [-0.4, -0.2) is 46.1 Å². The minimum absolute atomic E-state index is 0.0759. The number of carboxylic acids is 1. The van der Waals surface area contributed by atoms with Crippen LogP contribution < -0.4 is 5.32 Å². The molecule has 1 heterocycles. The molecular weight excluding hydrogens is 363 g/mol. The summed E-state index contributed by atoms with van der Waals surface area (Å²) in [7, 11) is 0. The molecule has 1 atom stereocenters. The van der Waals surface area contributed by atoms with E-state index in [0.717, 1.165) is 5.75 Å². The van der Waals surface area contributed by atoms with Crippen LogP contribution in [0.15, 0.2) is 22.7 Å². The van der Waals surface area contributed by atoms with Crippen molar-refractivity contribution in [3.05, 3.63) is 28.5 Å². The number of benzene rings is 1. The number of urea groups is 1. The predicted molar refractivity (Wildman–Crippen MR) is 83.2 cm³/mol. The number of nitrogens with zero attached hydrogens (tertiary/aromatic N) is 1. The van der Waals surface area contributed by atoms with Crippen molar-refractivity contribution >= 4 is 45.4 Å². The second-order valence-electron chi connectivity index (χ2n) is 4.58. The Hall–Kier alpha value is -1.28. The van der Waals surface area contributed by atoms with Crippen LogP contribution in [0.3, 0.4) is 0 Å². The van der Waals surface area contributed by atoms with Gasteiger partial charge in [0.1, 0.15) is 5.82 Å². The lowest BCUT2D eigenvalue weighted by Gasteiger charge is -2.34. The first kappa shape index (κ1) is 16.1. The predicted octanol–water partition coefficient (Wildman–Crippen LogP) is 3.01. The van der Waals surface area contributed by atoms with Gasteiger partial charge in [-0.05, 0) is 34.1 Å². The van der Waals surface area contributed by atoms with Crippen LogP contribution in [0.25, 0.3) is 0 Å². The number of nitrogens with one attached hydrogen (secondary N) is 1. The number of carboxylic acid groups (broad SMARTS) is 1. The number of thioether (sulfide) groups is 1. The van der Waals surface area contributed by atoms with Gasteiger partial charge in [0.15, 0.2) is 0 Å². The molecule has 1 aromatic rings. The molecule has 1 aromatic carbocycles. The molecule has 1 fully saturated rings. The third kappa shape index (κ3) is 4.34. The maximum absolute atomic E-state index is 13.2. The summed E-state index contributed by atoms with van der Waals surface area (Å²) in [5, 5.41) is 11.6. The number of rotatable bonds is 3. The zero-order chi connectivity index (χ0) is 15.4. The lowest BCUT2D eigenvalue weighted by molar-refractivity contribution is -0.137. The lowest BCUT2D eigenvalue weighted by atomic mass is 10.2. The fraction of sp³-hybridized carbons (Fsp3) is 0.385. The molecule has 0 saturated carbocycles. The van der Waals surface area contributed by atoms with Crippen molar-refractivity contribution in [2.75, 3.05) is 23.4 Å². The maximum Gasteiger partial charge on any atom is 0.322 e. The fourth-order valence-electron chi connectivity index (χ4n) is 2.06. The summed E-state index contributed by atoms with van der Waals surface area (Å²) in [4.78, 5) is 24.6. The van der Waals surface area contributed by atoms with E-state index in [9.17, 15) is 14.0 Å². The molecule has 1 aliphatic heterocycles. The second-order valence-corrected chi connectivity index (χ2v) is 6.58. The Morgan fingerprint density at radius 1 is 1.52 bits per heavy atom. The Kier molecular flexibility index (Phi) is 5.46. The topological polar surface area (TPSA) is 69.6 Å². The van der Waals surface area contributed by atoms with Crippen molar-refractivity contribution in [2.24, 2.45) is 0 Å². The van der Waals surface area contributed by atoms with E-state index in [-0.39, 0.29) is 23.0 Å². The van der Waals surface area contributed by atoms with Gasteiger partial charge in [0.2, 0.25) is 0 Å². The maximum atomic E-state index is 13.2. The number of hydrogen-bond donors (Lipinski definition) is 2. The highest BCUT2D eigenvalue weighted by Crippen LogP contribution is 2.23. The number of anilines is 1. The molecular formula is C13H14BrFN2O3S. The summed E-state index contributed by atoms with van der Waals surface area (Å²) in [5.74, 6) is 0.0414. The summed E-state index contributed by atoms with van der Waals surface area (Å²) < 4.78 is 13.4. The Morgan fingerprint density at radius 3 is 2.95 bits per heavy atom. The van der Waals surface area contributed by atoms with Gasteiger partial charge in [0, 0.05) is 23.7 Å². The van der Waals surface area contributed by atoms with E-state index < -0.39 is 11.8 Å². The summed E-state index contributed by atoms with van der Waals surface area (Å²) in [6.07, 6.45) is -0.0759. The Bertz CT molecular complexity index is 558. The number of halogens is 2. The van der Waals surface area contributed by atoms with Gasteiger partial charge in [-0.25, -0.2) is 9.18 Å². The van der Waals surface area contributed by atoms with Gasteiger partial charge in [0.25, 0.3) is 0 Å². The average molecular weight is 377 g/mol. The summed E-state index contributed by atoms with van der Waals surface area (Å²) in [6, 6.07) is 3.49. The summed E-state index contributed by atoms with van der Waals surface area (Å²) in [6.45, 7) is 0.497. The molecule has 2 N–H and O–H groups in total. The van der Waals surface area contributed by atoms with E-state index in [1.165, 1.54) is 23.1 Å². The highest BCUT2D eigenvalue weighted by atomic mass is 79.9. The first-order valence-electron chi connectivity index (χ1n) is 6.29. The molecule has 5 nitrogen and oxygen atoms in total. The molecule has 2 rings (SSSR count). The van der Waals surface area contributed by atoms with E-state index in [1.54, 1.807) is 11.8 Å². The molecule has 0 aliphatic carbocycles. The monoisotopic (exact) mass is 376 g/mol. The standard InChI is InChI=1S/C13H14BrFN2O3S/c14-10-5-8(1-2-11(10)15)16-13(20)17-3-4-21-7-9(17)6-12(18)19/h1-2,5,9H,3-4,6-7H2,(H,16,20)(H,18,19). The molecule has 1 saturated heterocycles. The molecule has 8 heteroatoms. The van der Waals surface area contributed by atoms with E-state index >= 15 is 0 Å². The van der Waals surface area contributed by atoms with Gasteiger partial charge < -0.3 is 15.3 Å². The highest BCUT2D eigenvalue weighted by Gasteiger charge is 2.28. The van der Waals surface area contributed by atoms with Crippen molar-refractivity contribution in [2.45, 2.75) is 12.5 Å². The van der Waals surface area contributed by atoms with Gasteiger partial charge in [-0.2, -0.15) is 11.8 Å². The quantitative estimate of drug-likeness (QED) is 0.850. The van der Waals surface area contributed by atoms with Gasteiger partial charge in [-0.15, -0.1) is 0 Å². The number of hydrogen-bond acceptors (Lipinski definition) is 3. The fourth-order valence-corrected chi connectivity index (χ4v) is 3.50. The van der Waals surface area contributed by atoms with E-state index in [0.29, 0.717) is 18.0 Å². The molecule has 1 aliphatic rings. The van der Waals surface area contributed by atoms with Gasteiger partial charge in [-0.3, -0.25) is 4.79 Å². The summed E-state index contributed by atoms with van der Waals surface area (Å²) in [5.41, 5.74) is 0.459. The van der Waals surface area contributed by atoms with Gasteiger partial charge >= 0.3 is 12.0 Å². The second kappa shape index (κ2) is 7.13. The molecule has 114 valence electrons. The van der Waals surface area contributed by atoms with Crippen LogP contribution in [0.5, 0.6) is 0 Å². The van der Waals surface area contributed by atoms with Crippen molar-refractivity contribution < 1.29 is 19.1 Å². The van der Waals surface area contributed by atoms with Crippen LogP contribution in [0.1, 0.15) is 6.42 Å². The van der Waals surface area contributed by atoms with Crippen molar-refractivity contribution in [1.29, 1.82) is 0 Å². The third-order valence-electron chi connectivity index (χ3n) is 3.07. The molecule has 1 unspecified atom stereocenters. The number of amides is 2. The molecule has 2 amide bonds. The lowest BCUT2D eigenvalue weighted by Crippen LogP contribution is -2.48. The number of carbonyl (C=O) groups is 2. The van der Waals surface area contributed by atoms with E-state index in [2.05, 4.69) is 21.2 Å². The first-order valence-corrected chi connectivity index (χ1v) is 8.24. The van der Waals surface area contributed by atoms with Crippen molar-refractivity contribution in [1.82, 2.24) is 4.90 Å². The van der Waals surface area contributed by atoms with Crippen molar-refractivity contribution in [3.8, 4) is 0 Å². The molecule has 0 aromatic heterocycles. The summed E-state index contributed by atoms with van der Waals surface area (Å²) >= 11 is 4.69. The van der Waals surface area contributed by atoms with Crippen LogP contribution in [0, 0.1) is 5.82 Å². The average Bonchev–Trinajstić information content (AvgIpc) is 2.43. The molecule has 21 heavy (non-hydrogen) atoms. The third-order valence-corrected chi connectivity index (χ3v) is 4.77. The number of aliphatic carboxylic acids is 1. The van der Waals surface area contributed by atoms with Crippen LogP contribution in [0.2, 0.25) is 0 Å². The van der Waals surface area contributed by atoms with E-state index in [1.807, 2.05) is 0 Å².